The van der Waals surface area contributed by atoms with E-state index >= 15 is 0 Å². The number of aromatic nitrogens is 1. The van der Waals surface area contributed by atoms with Crippen LogP contribution in [-0.2, 0) is 9.53 Å². The lowest BCUT2D eigenvalue weighted by molar-refractivity contribution is -0.140. The molecular weight excluding hydrogens is 426 g/mol. The summed E-state index contributed by atoms with van der Waals surface area (Å²) in [6.45, 7) is 2.78. The third-order valence-corrected chi connectivity index (χ3v) is 5.71. The van der Waals surface area contributed by atoms with Crippen LogP contribution in [0.1, 0.15) is 46.3 Å². The first kappa shape index (κ1) is 22.0. The number of Topliss-reactive ketones (excluding diaryl/α,β-unsaturated/α-hetero) is 1. The Hall–Kier alpha value is -4.20. The number of ether oxygens (including phenoxy) is 1. The molecule has 33 heavy (non-hydrogen) atoms. The van der Waals surface area contributed by atoms with Gasteiger partial charge in [-0.05, 0) is 31.0 Å². The maximum atomic E-state index is 12.4. The number of esters is 1. The lowest BCUT2D eigenvalue weighted by Crippen LogP contribution is -2.14. The molecule has 2 N–H and O–H groups in total. The van der Waals surface area contributed by atoms with Crippen LogP contribution in [0.4, 0.5) is 0 Å². The molecule has 1 atom stereocenters. The van der Waals surface area contributed by atoms with Crippen molar-refractivity contribution >= 4 is 33.6 Å². The molecule has 0 saturated carbocycles. The van der Waals surface area contributed by atoms with Gasteiger partial charge in [0.25, 0.3) is 0 Å². The number of ketones is 1. The molecule has 168 valence electrons. The van der Waals surface area contributed by atoms with Crippen LogP contribution in [0.2, 0.25) is 0 Å². The number of methoxy groups -OCH3 is 1. The molecule has 0 saturated heterocycles. The molecule has 0 fully saturated rings. The van der Waals surface area contributed by atoms with Crippen LogP contribution in [0.15, 0.2) is 51.8 Å². The molecule has 0 spiro atoms. The molecular formula is C25H21NO7. The SMILES string of the molecule is COC(=O)CC(c1cccc2cccnc12)c1c(O)c(C(C)=O)c(O)c2c(C)cc(=O)oc12. The van der Waals surface area contributed by atoms with Crippen LogP contribution < -0.4 is 5.63 Å². The number of hydrogen-bond donors (Lipinski definition) is 2. The van der Waals surface area contributed by atoms with Crippen molar-refractivity contribution in [2.75, 3.05) is 7.11 Å². The third-order valence-electron chi connectivity index (χ3n) is 5.71. The quantitative estimate of drug-likeness (QED) is 0.267. The van der Waals surface area contributed by atoms with Crippen molar-refractivity contribution in [1.29, 1.82) is 0 Å². The van der Waals surface area contributed by atoms with Gasteiger partial charge in [-0.15, -0.1) is 0 Å². The Bertz CT molecular complexity index is 1480. The van der Waals surface area contributed by atoms with Crippen LogP contribution in [-0.4, -0.2) is 34.1 Å². The summed E-state index contributed by atoms with van der Waals surface area (Å²) in [6.07, 6.45) is 1.36. The van der Waals surface area contributed by atoms with Gasteiger partial charge in [-0.1, -0.05) is 24.3 Å². The fourth-order valence-corrected chi connectivity index (χ4v) is 4.26. The minimum atomic E-state index is -0.901. The van der Waals surface area contributed by atoms with Crippen molar-refractivity contribution in [3.63, 3.8) is 0 Å². The maximum Gasteiger partial charge on any atom is 0.336 e. The number of phenols is 2. The molecule has 0 bridgehead atoms. The van der Waals surface area contributed by atoms with E-state index in [1.165, 1.54) is 20.1 Å². The second-order valence-electron chi connectivity index (χ2n) is 7.75. The largest absolute Gasteiger partial charge is 0.507 e. The Morgan fingerprint density at radius 1 is 1.15 bits per heavy atom. The van der Waals surface area contributed by atoms with Gasteiger partial charge in [-0.3, -0.25) is 14.6 Å². The van der Waals surface area contributed by atoms with Gasteiger partial charge in [0.15, 0.2) is 5.78 Å². The molecule has 0 aliphatic carbocycles. The molecule has 2 heterocycles. The van der Waals surface area contributed by atoms with Gasteiger partial charge in [-0.2, -0.15) is 0 Å². The Morgan fingerprint density at radius 3 is 2.58 bits per heavy atom. The Morgan fingerprint density at radius 2 is 1.88 bits per heavy atom. The summed E-state index contributed by atoms with van der Waals surface area (Å²) in [5, 5.41) is 22.9. The lowest BCUT2D eigenvalue weighted by Gasteiger charge is -2.22. The molecule has 4 rings (SSSR count). The van der Waals surface area contributed by atoms with Gasteiger partial charge in [0, 0.05) is 29.1 Å². The highest BCUT2D eigenvalue weighted by molar-refractivity contribution is 6.07. The molecule has 1 unspecified atom stereocenters. The highest BCUT2D eigenvalue weighted by Gasteiger charge is 2.32. The topological polar surface area (TPSA) is 127 Å². The molecule has 2 aromatic carbocycles. The van der Waals surface area contributed by atoms with E-state index in [0.717, 1.165) is 5.39 Å². The molecule has 4 aromatic rings. The monoisotopic (exact) mass is 447 g/mol. The summed E-state index contributed by atoms with van der Waals surface area (Å²) < 4.78 is 10.3. The van der Waals surface area contributed by atoms with Gasteiger partial charge >= 0.3 is 11.6 Å². The Kier molecular flexibility index (Phi) is 5.59. The molecule has 8 nitrogen and oxygen atoms in total. The number of aromatic hydroxyl groups is 2. The Balaban J connectivity index is 2.19. The summed E-state index contributed by atoms with van der Waals surface area (Å²) in [5.41, 5.74) is 0.365. The number of pyridine rings is 1. The second-order valence-corrected chi connectivity index (χ2v) is 7.75. The van der Waals surface area contributed by atoms with Gasteiger partial charge < -0.3 is 19.4 Å². The number of aryl methyl sites for hydroxylation is 1. The van der Waals surface area contributed by atoms with Crippen LogP contribution in [0.5, 0.6) is 11.5 Å². The molecule has 0 aliphatic rings. The summed E-state index contributed by atoms with van der Waals surface area (Å²) in [4.78, 5) is 41.5. The molecule has 0 radical (unpaired) electrons. The normalized spacial score (nSPS) is 12.1. The predicted octanol–water partition coefficient (Wildman–Crippen LogP) is 3.96. The van der Waals surface area contributed by atoms with E-state index in [2.05, 4.69) is 4.98 Å². The molecule has 2 aromatic heterocycles. The highest BCUT2D eigenvalue weighted by Crippen LogP contribution is 2.47. The van der Waals surface area contributed by atoms with Crippen LogP contribution in [0, 0.1) is 6.92 Å². The third kappa shape index (κ3) is 3.69. The summed E-state index contributed by atoms with van der Waals surface area (Å²) >= 11 is 0. The number of para-hydroxylation sites is 1. The van der Waals surface area contributed by atoms with Gasteiger partial charge in [0.1, 0.15) is 22.6 Å². The second kappa shape index (κ2) is 8.38. The van der Waals surface area contributed by atoms with Gasteiger partial charge in [-0.25, -0.2) is 4.79 Å². The average Bonchev–Trinajstić information content (AvgIpc) is 2.77. The van der Waals surface area contributed by atoms with Crippen molar-refractivity contribution in [2.24, 2.45) is 0 Å². The first-order valence-electron chi connectivity index (χ1n) is 10.2. The van der Waals surface area contributed by atoms with E-state index in [1.54, 1.807) is 31.3 Å². The number of benzene rings is 2. The summed E-state index contributed by atoms with van der Waals surface area (Å²) in [5.74, 6) is -3.14. The number of hydrogen-bond acceptors (Lipinski definition) is 8. The predicted molar refractivity (Wildman–Crippen MR) is 121 cm³/mol. The lowest BCUT2D eigenvalue weighted by atomic mass is 9.83. The zero-order valence-electron chi connectivity index (χ0n) is 18.2. The highest BCUT2D eigenvalue weighted by atomic mass is 16.5. The number of carbonyl (C=O) groups is 2. The molecule has 0 amide bonds. The van der Waals surface area contributed by atoms with Crippen LogP contribution >= 0.6 is 0 Å². The van der Waals surface area contributed by atoms with Crippen molar-refractivity contribution in [3.8, 4) is 11.5 Å². The molecule has 0 aliphatic heterocycles. The number of carbonyl (C=O) groups excluding carboxylic acids is 2. The van der Waals surface area contributed by atoms with E-state index in [9.17, 15) is 24.6 Å². The Labute approximate surface area is 188 Å². The van der Waals surface area contributed by atoms with Crippen LogP contribution in [0.25, 0.3) is 21.9 Å². The van der Waals surface area contributed by atoms with E-state index in [1.807, 2.05) is 12.1 Å². The first-order valence-corrected chi connectivity index (χ1v) is 10.2. The van der Waals surface area contributed by atoms with Crippen molar-refractivity contribution in [1.82, 2.24) is 4.98 Å². The number of fused-ring (bicyclic) bond motifs is 2. The molecule has 8 heteroatoms. The van der Waals surface area contributed by atoms with Crippen molar-refractivity contribution in [3.05, 3.63) is 75.3 Å². The fraction of sp³-hybridized carbons (Fsp3) is 0.200. The summed E-state index contributed by atoms with van der Waals surface area (Å²) in [6, 6.07) is 10.2. The smallest absolute Gasteiger partial charge is 0.336 e. The first-order chi connectivity index (χ1) is 15.7. The average molecular weight is 447 g/mol. The number of phenolic OH excluding ortho intramolecular Hbond substituents is 2. The van der Waals surface area contributed by atoms with Crippen LogP contribution in [0.3, 0.4) is 0 Å². The minimum Gasteiger partial charge on any atom is -0.507 e. The standard InChI is InChI=1S/C25H21NO7/c1-12-10-18(29)33-25-19(12)23(30)20(13(2)27)24(31)21(25)16(11-17(28)32-3)15-8-4-6-14-7-5-9-26-22(14)15/h4-10,16,30-31H,11H2,1-3H3. The minimum absolute atomic E-state index is 0.0253. The maximum absolute atomic E-state index is 12.4. The summed E-state index contributed by atoms with van der Waals surface area (Å²) in [7, 11) is 1.24. The van der Waals surface area contributed by atoms with Gasteiger partial charge in [0.05, 0.1) is 24.4 Å². The van der Waals surface area contributed by atoms with Crippen molar-refractivity contribution in [2.45, 2.75) is 26.2 Å². The zero-order valence-corrected chi connectivity index (χ0v) is 18.2. The van der Waals surface area contributed by atoms with Gasteiger partial charge in [0.2, 0.25) is 0 Å². The number of rotatable bonds is 5. The van der Waals surface area contributed by atoms with Crippen molar-refractivity contribution < 1.29 is 29.0 Å². The van der Waals surface area contributed by atoms with E-state index in [0.29, 0.717) is 16.6 Å². The fourth-order valence-electron chi connectivity index (χ4n) is 4.26. The van der Waals surface area contributed by atoms with E-state index < -0.39 is 34.8 Å². The van der Waals surface area contributed by atoms with E-state index in [4.69, 9.17) is 9.15 Å². The number of nitrogens with zero attached hydrogens (tertiary/aromatic N) is 1. The zero-order chi connectivity index (χ0) is 23.9. The van der Waals surface area contributed by atoms with E-state index in [-0.39, 0.29) is 28.5 Å².